The number of thiazole rings is 1. The molecule has 1 amide bonds. The molecule has 2 fully saturated rings. The molecule has 1 aromatic rings. The Hall–Kier alpha value is -1.30. The van der Waals surface area contributed by atoms with Gasteiger partial charge in [-0.1, -0.05) is 31.6 Å². The van der Waals surface area contributed by atoms with E-state index in [1.807, 2.05) is 0 Å². The predicted molar refractivity (Wildman–Crippen MR) is 86.7 cm³/mol. The van der Waals surface area contributed by atoms with Gasteiger partial charge in [-0.15, -0.1) is 0 Å². The van der Waals surface area contributed by atoms with Crippen molar-refractivity contribution in [2.24, 2.45) is 5.41 Å². The number of aromatic nitrogens is 1. The summed E-state index contributed by atoms with van der Waals surface area (Å²) < 4.78 is 0. The van der Waals surface area contributed by atoms with Gasteiger partial charge in [0.05, 0.1) is 0 Å². The Morgan fingerprint density at radius 1 is 1.33 bits per heavy atom. The normalized spacial score (nSPS) is 24.6. The van der Waals surface area contributed by atoms with Crippen molar-refractivity contribution in [1.29, 1.82) is 0 Å². The molecule has 1 heterocycles. The van der Waals surface area contributed by atoms with Crippen LogP contribution in [0.15, 0.2) is 0 Å². The SMILES string of the molecule is CC1(C)CCCC(NC(=O)c2sc(NC3CC3)nc2N)C1. The molecule has 0 spiro atoms. The van der Waals surface area contributed by atoms with Crippen molar-refractivity contribution in [3.63, 3.8) is 0 Å². The second-order valence-corrected chi connectivity index (χ2v) is 8.08. The summed E-state index contributed by atoms with van der Waals surface area (Å²) in [5.74, 6) is 0.271. The molecule has 2 saturated carbocycles. The van der Waals surface area contributed by atoms with E-state index in [1.165, 1.54) is 37.0 Å². The highest BCUT2D eigenvalue weighted by Crippen LogP contribution is 2.36. The third kappa shape index (κ3) is 3.67. The van der Waals surface area contributed by atoms with Gasteiger partial charge in [0.1, 0.15) is 10.7 Å². The maximum absolute atomic E-state index is 12.4. The van der Waals surface area contributed by atoms with Crippen molar-refractivity contribution in [3.8, 4) is 0 Å². The zero-order valence-corrected chi connectivity index (χ0v) is 13.6. The van der Waals surface area contributed by atoms with Crippen LogP contribution in [0.3, 0.4) is 0 Å². The molecule has 21 heavy (non-hydrogen) atoms. The van der Waals surface area contributed by atoms with E-state index < -0.39 is 0 Å². The highest BCUT2D eigenvalue weighted by molar-refractivity contribution is 7.18. The third-order valence-corrected chi connectivity index (χ3v) is 5.31. The van der Waals surface area contributed by atoms with Gasteiger partial charge in [-0.2, -0.15) is 0 Å². The minimum Gasteiger partial charge on any atom is -0.382 e. The van der Waals surface area contributed by atoms with Gasteiger partial charge in [0, 0.05) is 12.1 Å². The second-order valence-electron chi connectivity index (χ2n) is 7.08. The number of carbonyl (C=O) groups excluding carboxylic acids is 1. The molecular formula is C15H24N4OS. The maximum atomic E-state index is 12.4. The Bertz CT molecular complexity index is 536. The van der Waals surface area contributed by atoms with E-state index in [0.717, 1.165) is 18.0 Å². The third-order valence-electron chi connectivity index (χ3n) is 4.30. The van der Waals surface area contributed by atoms with E-state index in [2.05, 4.69) is 29.5 Å². The van der Waals surface area contributed by atoms with Gasteiger partial charge in [-0.25, -0.2) is 4.98 Å². The second kappa shape index (κ2) is 5.48. The lowest BCUT2D eigenvalue weighted by atomic mass is 9.75. The van der Waals surface area contributed by atoms with E-state index >= 15 is 0 Å². The number of hydrogen-bond acceptors (Lipinski definition) is 5. The number of nitrogens with zero attached hydrogens (tertiary/aromatic N) is 1. The molecule has 2 aliphatic carbocycles. The minimum absolute atomic E-state index is 0.0726. The van der Waals surface area contributed by atoms with Crippen molar-refractivity contribution >= 4 is 28.2 Å². The maximum Gasteiger partial charge on any atom is 0.265 e. The van der Waals surface area contributed by atoms with Gasteiger partial charge < -0.3 is 16.4 Å². The van der Waals surface area contributed by atoms with Crippen LogP contribution in [0.4, 0.5) is 10.9 Å². The molecule has 1 aromatic heterocycles. The molecule has 0 radical (unpaired) electrons. The molecule has 1 atom stereocenters. The van der Waals surface area contributed by atoms with Crippen LogP contribution < -0.4 is 16.4 Å². The fourth-order valence-electron chi connectivity index (χ4n) is 3.03. The fourth-order valence-corrected chi connectivity index (χ4v) is 3.90. The van der Waals surface area contributed by atoms with Crippen LogP contribution in [0.25, 0.3) is 0 Å². The zero-order chi connectivity index (χ0) is 15.0. The lowest BCUT2D eigenvalue weighted by Crippen LogP contribution is -2.40. The Morgan fingerprint density at radius 2 is 2.10 bits per heavy atom. The van der Waals surface area contributed by atoms with Crippen LogP contribution in [0.1, 0.15) is 62.0 Å². The summed E-state index contributed by atoms with van der Waals surface area (Å²) >= 11 is 1.37. The average Bonchev–Trinajstić information content (AvgIpc) is 3.10. The van der Waals surface area contributed by atoms with E-state index in [9.17, 15) is 4.79 Å². The highest BCUT2D eigenvalue weighted by Gasteiger charge is 2.30. The summed E-state index contributed by atoms with van der Waals surface area (Å²) in [6.45, 7) is 4.54. The van der Waals surface area contributed by atoms with Crippen LogP contribution in [0, 0.1) is 5.41 Å². The van der Waals surface area contributed by atoms with E-state index in [1.54, 1.807) is 0 Å². The van der Waals surface area contributed by atoms with Gasteiger partial charge in [-0.3, -0.25) is 4.79 Å². The molecule has 1 unspecified atom stereocenters. The zero-order valence-electron chi connectivity index (χ0n) is 12.7. The largest absolute Gasteiger partial charge is 0.382 e. The van der Waals surface area contributed by atoms with Crippen LogP contribution in [-0.4, -0.2) is 23.0 Å². The molecule has 2 aliphatic rings. The number of amides is 1. The molecule has 0 aromatic carbocycles. The quantitative estimate of drug-likeness (QED) is 0.799. The van der Waals surface area contributed by atoms with E-state index in [0.29, 0.717) is 22.2 Å². The summed E-state index contributed by atoms with van der Waals surface area (Å²) in [7, 11) is 0. The van der Waals surface area contributed by atoms with Gasteiger partial charge >= 0.3 is 0 Å². The van der Waals surface area contributed by atoms with Gasteiger partial charge in [-0.05, 0) is 37.5 Å². The molecule has 0 aliphatic heterocycles. The number of rotatable bonds is 4. The monoisotopic (exact) mass is 308 g/mol. The van der Waals surface area contributed by atoms with Crippen LogP contribution in [-0.2, 0) is 0 Å². The molecule has 6 heteroatoms. The van der Waals surface area contributed by atoms with Crippen molar-refractivity contribution in [2.45, 2.75) is 64.5 Å². The lowest BCUT2D eigenvalue weighted by molar-refractivity contribution is 0.0907. The lowest BCUT2D eigenvalue weighted by Gasteiger charge is -2.35. The van der Waals surface area contributed by atoms with Gasteiger partial charge in [0.2, 0.25) is 0 Å². The first kappa shape index (κ1) is 14.6. The van der Waals surface area contributed by atoms with Crippen LogP contribution >= 0.6 is 11.3 Å². The number of anilines is 2. The van der Waals surface area contributed by atoms with Crippen molar-refractivity contribution in [3.05, 3.63) is 4.88 Å². The molecule has 116 valence electrons. The summed E-state index contributed by atoms with van der Waals surface area (Å²) in [6, 6.07) is 0.771. The number of nitrogens with two attached hydrogens (primary N) is 1. The number of nitrogens with one attached hydrogen (secondary N) is 2. The summed E-state index contributed by atoms with van der Waals surface area (Å²) in [5, 5.41) is 7.20. The molecular weight excluding hydrogens is 284 g/mol. The van der Waals surface area contributed by atoms with Gasteiger partial charge in [0.25, 0.3) is 5.91 Å². The number of hydrogen-bond donors (Lipinski definition) is 3. The molecule has 0 saturated heterocycles. The minimum atomic E-state index is -0.0726. The average molecular weight is 308 g/mol. The molecule has 5 nitrogen and oxygen atoms in total. The number of nitrogen functional groups attached to an aromatic ring is 1. The Balaban J connectivity index is 1.63. The Kier molecular flexibility index (Phi) is 3.82. The predicted octanol–water partition coefficient (Wildman–Crippen LogP) is 3.00. The van der Waals surface area contributed by atoms with Crippen LogP contribution in [0.2, 0.25) is 0 Å². The van der Waals surface area contributed by atoms with Crippen LogP contribution in [0.5, 0.6) is 0 Å². The summed E-state index contributed by atoms with van der Waals surface area (Å²) in [6.07, 6.45) is 6.85. The first-order chi connectivity index (χ1) is 9.93. The van der Waals surface area contributed by atoms with E-state index in [-0.39, 0.29) is 11.9 Å². The molecule has 4 N–H and O–H groups in total. The standard InChI is InChI=1S/C15H24N4OS/c1-15(2)7-3-4-10(8-15)17-13(20)11-12(16)19-14(21-11)18-9-5-6-9/h9-10H,3-8,16H2,1-2H3,(H,17,20)(H,18,19). The topological polar surface area (TPSA) is 80.0 Å². The highest BCUT2D eigenvalue weighted by atomic mass is 32.1. The smallest absolute Gasteiger partial charge is 0.265 e. The van der Waals surface area contributed by atoms with E-state index in [4.69, 9.17) is 5.73 Å². The summed E-state index contributed by atoms with van der Waals surface area (Å²) in [5.41, 5.74) is 6.21. The first-order valence-corrected chi connectivity index (χ1v) is 8.58. The summed E-state index contributed by atoms with van der Waals surface area (Å²) in [4.78, 5) is 17.2. The fraction of sp³-hybridized carbons (Fsp3) is 0.733. The Labute approximate surface area is 129 Å². The first-order valence-electron chi connectivity index (χ1n) is 7.77. The van der Waals surface area contributed by atoms with Gasteiger partial charge in [0.15, 0.2) is 5.13 Å². The molecule has 3 rings (SSSR count). The van der Waals surface area contributed by atoms with Crippen molar-refractivity contribution in [1.82, 2.24) is 10.3 Å². The Morgan fingerprint density at radius 3 is 2.76 bits per heavy atom. The van der Waals surface area contributed by atoms with Crippen molar-refractivity contribution in [2.75, 3.05) is 11.1 Å². The molecule has 0 bridgehead atoms. The number of carbonyl (C=O) groups is 1. The van der Waals surface area contributed by atoms with Crippen molar-refractivity contribution < 1.29 is 4.79 Å².